The van der Waals surface area contributed by atoms with Crippen molar-refractivity contribution in [2.75, 3.05) is 25.5 Å². The third-order valence-electron chi connectivity index (χ3n) is 5.12. The van der Waals surface area contributed by atoms with E-state index in [0.29, 0.717) is 51.7 Å². The maximum atomic E-state index is 14.0. The van der Waals surface area contributed by atoms with Gasteiger partial charge in [0.1, 0.15) is 11.6 Å². The van der Waals surface area contributed by atoms with Gasteiger partial charge in [0.25, 0.3) is 5.91 Å². The summed E-state index contributed by atoms with van der Waals surface area (Å²) in [6, 6.07) is 9.59. The number of amides is 1. The molecule has 1 amide bonds. The summed E-state index contributed by atoms with van der Waals surface area (Å²) in [4.78, 5) is 19.4. The molecule has 7 heteroatoms. The van der Waals surface area contributed by atoms with Crippen LogP contribution in [-0.2, 0) is 0 Å². The Kier molecular flexibility index (Phi) is 5.53. The molecule has 1 aliphatic heterocycles. The van der Waals surface area contributed by atoms with Crippen LogP contribution in [0.25, 0.3) is 10.9 Å². The average Bonchev–Trinajstić information content (AvgIpc) is 2.74. The van der Waals surface area contributed by atoms with Crippen molar-refractivity contribution in [3.05, 3.63) is 59.0 Å². The number of benzene rings is 2. The number of aromatic nitrogens is 1. The third kappa shape index (κ3) is 3.98. The zero-order chi connectivity index (χ0) is 20.4. The highest BCUT2D eigenvalue weighted by atomic mass is 35.5. The Morgan fingerprint density at radius 1 is 1.17 bits per heavy atom. The van der Waals surface area contributed by atoms with Gasteiger partial charge in [-0.3, -0.25) is 9.78 Å². The first-order chi connectivity index (χ1) is 14.1. The lowest BCUT2D eigenvalue weighted by molar-refractivity contribution is 0.0725. The molecule has 1 aliphatic rings. The smallest absolute Gasteiger partial charge is 0.257 e. The van der Waals surface area contributed by atoms with Gasteiger partial charge in [-0.15, -0.1) is 0 Å². The van der Waals surface area contributed by atoms with Crippen molar-refractivity contribution in [3.8, 4) is 5.75 Å². The molecule has 1 saturated heterocycles. The topological polar surface area (TPSA) is 54.5 Å². The highest BCUT2D eigenvalue weighted by Gasteiger charge is 2.23. The molecular weight excluding hydrogens is 393 g/mol. The van der Waals surface area contributed by atoms with E-state index in [-0.39, 0.29) is 5.91 Å². The Morgan fingerprint density at radius 2 is 1.97 bits per heavy atom. The van der Waals surface area contributed by atoms with Crippen LogP contribution in [0.4, 0.5) is 15.8 Å². The number of hydrogen-bond donors (Lipinski definition) is 1. The van der Waals surface area contributed by atoms with Crippen LogP contribution in [-0.4, -0.2) is 36.0 Å². The molecule has 5 nitrogen and oxygen atoms in total. The Balaban J connectivity index is 1.81. The first-order valence-corrected chi connectivity index (χ1v) is 9.93. The Hall–Kier alpha value is -2.86. The molecule has 4 rings (SSSR count). The standard InChI is InChI=1S/C22H21ClFN3O2/c1-29-20-8-6-15(12-18(20)23)26-21-16-11-14(24)5-7-19(16)25-13-17(21)22(28)27-9-3-2-4-10-27/h5-8,11-13H,2-4,9-10H2,1H3,(H,25,26). The van der Waals surface area contributed by atoms with Crippen LogP contribution in [0.2, 0.25) is 5.02 Å². The minimum Gasteiger partial charge on any atom is -0.495 e. The van der Waals surface area contributed by atoms with E-state index in [2.05, 4.69) is 10.3 Å². The molecule has 2 heterocycles. The molecule has 0 radical (unpaired) electrons. The number of fused-ring (bicyclic) bond motifs is 1. The summed E-state index contributed by atoms with van der Waals surface area (Å²) < 4.78 is 19.2. The van der Waals surface area contributed by atoms with Crippen LogP contribution in [0.1, 0.15) is 29.6 Å². The van der Waals surface area contributed by atoms with Gasteiger partial charge in [0.2, 0.25) is 0 Å². The predicted molar refractivity (Wildman–Crippen MR) is 113 cm³/mol. The van der Waals surface area contributed by atoms with Gasteiger partial charge in [-0.25, -0.2) is 4.39 Å². The second-order valence-electron chi connectivity index (χ2n) is 7.04. The molecule has 0 aliphatic carbocycles. The molecule has 0 spiro atoms. The van der Waals surface area contributed by atoms with Gasteiger partial charge in [0.15, 0.2) is 0 Å². The number of carbonyl (C=O) groups is 1. The van der Waals surface area contributed by atoms with E-state index in [4.69, 9.17) is 16.3 Å². The van der Waals surface area contributed by atoms with Crippen molar-refractivity contribution in [2.45, 2.75) is 19.3 Å². The van der Waals surface area contributed by atoms with E-state index in [1.807, 2.05) is 4.90 Å². The number of halogens is 2. The Bertz CT molecular complexity index is 1070. The van der Waals surface area contributed by atoms with Crippen LogP contribution < -0.4 is 10.1 Å². The zero-order valence-electron chi connectivity index (χ0n) is 16.0. The number of piperidine rings is 1. The Labute approximate surface area is 173 Å². The molecule has 2 aromatic carbocycles. The predicted octanol–water partition coefficient (Wildman–Crippen LogP) is 5.41. The number of hydrogen-bond acceptors (Lipinski definition) is 4. The summed E-state index contributed by atoms with van der Waals surface area (Å²) in [5, 5.41) is 4.24. The van der Waals surface area contributed by atoms with Crippen molar-refractivity contribution in [1.82, 2.24) is 9.88 Å². The molecule has 1 N–H and O–H groups in total. The molecule has 1 aromatic heterocycles. The quantitative estimate of drug-likeness (QED) is 0.621. The summed E-state index contributed by atoms with van der Waals surface area (Å²) in [6.07, 6.45) is 4.65. The van der Waals surface area contributed by atoms with E-state index in [1.54, 1.807) is 37.6 Å². The SMILES string of the molecule is COc1ccc(Nc2c(C(=O)N3CCCCC3)cnc3ccc(F)cc23)cc1Cl. The molecule has 0 atom stereocenters. The van der Waals surface area contributed by atoms with Crippen LogP contribution in [0, 0.1) is 5.82 Å². The molecule has 0 bridgehead atoms. The number of likely N-dealkylation sites (tertiary alicyclic amines) is 1. The van der Waals surface area contributed by atoms with E-state index in [1.165, 1.54) is 12.1 Å². The molecular formula is C22H21ClFN3O2. The zero-order valence-corrected chi connectivity index (χ0v) is 16.8. The first-order valence-electron chi connectivity index (χ1n) is 9.55. The maximum Gasteiger partial charge on any atom is 0.257 e. The van der Waals surface area contributed by atoms with Gasteiger partial charge < -0.3 is 15.0 Å². The summed E-state index contributed by atoms with van der Waals surface area (Å²) in [5.41, 5.74) is 2.20. The molecule has 3 aromatic rings. The van der Waals surface area contributed by atoms with E-state index >= 15 is 0 Å². The van der Waals surface area contributed by atoms with Crippen molar-refractivity contribution in [1.29, 1.82) is 0 Å². The lowest BCUT2D eigenvalue weighted by Crippen LogP contribution is -2.36. The van der Waals surface area contributed by atoms with Gasteiger partial charge in [-0.2, -0.15) is 0 Å². The Morgan fingerprint density at radius 3 is 2.69 bits per heavy atom. The molecule has 0 unspecified atom stereocenters. The average molecular weight is 414 g/mol. The fourth-order valence-corrected chi connectivity index (χ4v) is 3.88. The monoisotopic (exact) mass is 413 g/mol. The fraction of sp³-hybridized carbons (Fsp3) is 0.273. The van der Waals surface area contributed by atoms with E-state index in [9.17, 15) is 9.18 Å². The first kappa shape index (κ1) is 19.5. The number of nitrogens with zero attached hydrogens (tertiary/aromatic N) is 2. The minimum absolute atomic E-state index is 0.106. The number of nitrogens with one attached hydrogen (secondary N) is 1. The highest BCUT2D eigenvalue weighted by molar-refractivity contribution is 6.32. The number of pyridine rings is 1. The maximum absolute atomic E-state index is 14.0. The van der Waals surface area contributed by atoms with E-state index in [0.717, 1.165) is 19.3 Å². The van der Waals surface area contributed by atoms with Gasteiger partial charge >= 0.3 is 0 Å². The second-order valence-corrected chi connectivity index (χ2v) is 7.44. The van der Waals surface area contributed by atoms with Crippen LogP contribution in [0.5, 0.6) is 5.75 Å². The van der Waals surface area contributed by atoms with Crippen molar-refractivity contribution in [2.24, 2.45) is 0 Å². The summed E-state index contributed by atoms with van der Waals surface area (Å²) in [5.74, 6) is 0.0515. The van der Waals surface area contributed by atoms with Crippen LogP contribution in [0.15, 0.2) is 42.6 Å². The lowest BCUT2D eigenvalue weighted by Gasteiger charge is -2.27. The van der Waals surface area contributed by atoms with E-state index < -0.39 is 5.82 Å². The van der Waals surface area contributed by atoms with Crippen molar-refractivity contribution >= 4 is 39.8 Å². The largest absolute Gasteiger partial charge is 0.495 e. The fourth-order valence-electron chi connectivity index (χ4n) is 3.62. The van der Waals surface area contributed by atoms with Gasteiger partial charge in [0.05, 0.1) is 28.9 Å². The number of ether oxygens (including phenoxy) is 1. The lowest BCUT2D eigenvalue weighted by atomic mass is 10.1. The molecule has 1 fully saturated rings. The summed E-state index contributed by atoms with van der Waals surface area (Å²) in [6.45, 7) is 1.43. The molecule has 29 heavy (non-hydrogen) atoms. The molecule has 0 saturated carbocycles. The van der Waals surface area contributed by atoms with Gasteiger partial charge in [-0.05, 0) is 55.7 Å². The number of anilines is 2. The summed E-state index contributed by atoms with van der Waals surface area (Å²) >= 11 is 6.25. The third-order valence-corrected chi connectivity index (χ3v) is 5.42. The second kappa shape index (κ2) is 8.25. The van der Waals surface area contributed by atoms with Gasteiger partial charge in [-0.1, -0.05) is 11.6 Å². The normalized spacial score (nSPS) is 14.1. The van der Waals surface area contributed by atoms with Crippen molar-refractivity contribution in [3.63, 3.8) is 0 Å². The minimum atomic E-state index is -0.391. The molecule has 150 valence electrons. The van der Waals surface area contributed by atoms with Crippen LogP contribution in [0.3, 0.4) is 0 Å². The number of rotatable bonds is 4. The number of methoxy groups -OCH3 is 1. The van der Waals surface area contributed by atoms with Gasteiger partial charge in [0, 0.05) is 30.4 Å². The van der Waals surface area contributed by atoms with Crippen LogP contribution >= 0.6 is 11.6 Å². The van der Waals surface area contributed by atoms with Crippen molar-refractivity contribution < 1.29 is 13.9 Å². The number of carbonyl (C=O) groups excluding carboxylic acids is 1. The summed E-state index contributed by atoms with van der Waals surface area (Å²) in [7, 11) is 1.54. The highest BCUT2D eigenvalue weighted by Crippen LogP contribution is 2.34.